The molecule has 0 radical (unpaired) electrons. The zero-order valence-electron chi connectivity index (χ0n) is 16.7. The van der Waals surface area contributed by atoms with Crippen molar-refractivity contribution >= 4 is 29.6 Å². The molecule has 8 nitrogen and oxygen atoms in total. The number of esters is 1. The summed E-state index contributed by atoms with van der Waals surface area (Å²) in [6, 6.07) is 7.46. The van der Waals surface area contributed by atoms with E-state index in [0.29, 0.717) is 11.4 Å². The maximum atomic E-state index is 12.3. The fourth-order valence-electron chi connectivity index (χ4n) is 3.43. The topological polar surface area (TPSA) is 108 Å². The summed E-state index contributed by atoms with van der Waals surface area (Å²) in [7, 11) is 1.23. The number of hydrogen-bond acceptors (Lipinski definition) is 8. The molecule has 3 atom stereocenters. The zero-order valence-corrected chi connectivity index (χ0v) is 17.5. The fraction of sp³-hybridized carbons (Fsp3) is 0.421. The minimum atomic E-state index is -1.23. The van der Waals surface area contributed by atoms with Crippen LogP contribution in [0.15, 0.2) is 42.1 Å². The average Bonchev–Trinajstić information content (AvgIpc) is 2.91. The third-order valence-corrected chi connectivity index (χ3v) is 6.23. The molecule has 0 aliphatic carbocycles. The van der Waals surface area contributed by atoms with Gasteiger partial charge in [0.15, 0.2) is 6.61 Å². The molecule has 150 valence electrons. The molecular weight excluding hydrogens is 391 g/mol. The summed E-state index contributed by atoms with van der Waals surface area (Å²) >= 11 is 1.41. The number of rotatable bonds is 6. The molecule has 0 bridgehead atoms. The van der Waals surface area contributed by atoms with E-state index in [1.807, 2.05) is 6.07 Å². The van der Waals surface area contributed by atoms with E-state index in [0.717, 1.165) is 0 Å². The van der Waals surface area contributed by atoms with Gasteiger partial charge >= 0.3 is 24.8 Å². The Bertz CT molecular complexity index is 816. The third kappa shape index (κ3) is 4.74. The molecule has 2 aliphatic rings. The Morgan fingerprint density at radius 1 is 1.28 bits per heavy atom. The molecule has 0 saturated carbocycles. The van der Waals surface area contributed by atoms with E-state index >= 15 is 0 Å². The molecule has 1 amide bonds. The van der Waals surface area contributed by atoms with Gasteiger partial charge in [-0.3, -0.25) is 4.79 Å². The number of fused-ring (bicyclic) bond motifs is 1. The van der Waals surface area contributed by atoms with Gasteiger partial charge in [0, 0.05) is 16.5 Å². The monoisotopic (exact) mass is 412 g/mol. The van der Waals surface area contributed by atoms with Crippen molar-refractivity contribution in [3.8, 4) is 5.75 Å². The van der Waals surface area contributed by atoms with Crippen LogP contribution in [-0.4, -0.2) is 58.7 Å². The predicted molar refractivity (Wildman–Crippen MR) is 100 cm³/mol. The van der Waals surface area contributed by atoms with Crippen LogP contribution in [-0.2, 0) is 19.1 Å². The summed E-state index contributed by atoms with van der Waals surface area (Å²) < 4.78 is 9.45. The van der Waals surface area contributed by atoms with Crippen LogP contribution in [0.4, 0.5) is 0 Å². The predicted octanol–water partition coefficient (Wildman–Crippen LogP) is -3.10. The van der Waals surface area contributed by atoms with Crippen molar-refractivity contribution in [2.24, 2.45) is 0 Å². The largest absolute Gasteiger partial charge is 1.00 e. The summed E-state index contributed by atoms with van der Waals surface area (Å²) in [6.45, 7) is 3.39. The maximum absolute atomic E-state index is 12.3. The van der Waals surface area contributed by atoms with Crippen LogP contribution >= 0.6 is 11.8 Å². The average molecular weight is 412 g/mol. The van der Waals surface area contributed by atoms with Crippen LogP contribution in [0.25, 0.3) is 0 Å². The van der Waals surface area contributed by atoms with Crippen LogP contribution in [0.2, 0.25) is 0 Å². The van der Waals surface area contributed by atoms with Crippen LogP contribution in [0.5, 0.6) is 5.75 Å². The first-order chi connectivity index (χ1) is 13.2. The normalized spacial score (nSPS) is 25.3. The summed E-state index contributed by atoms with van der Waals surface area (Å²) in [5.41, 5.74) is 0.386. The number of thioether (sulfide) groups is 1. The molecule has 1 N–H and O–H groups in total. The molecule has 0 spiro atoms. The van der Waals surface area contributed by atoms with E-state index in [9.17, 15) is 19.5 Å². The molecule has 2 heterocycles. The van der Waals surface area contributed by atoms with E-state index in [4.69, 9.17) is 4.74 Å². The van der Waals surface area contributed by atoms with E-state index in [2.05, 4.69) is 10.1 Å². The van der Waals surface area contributed by atoms with Crippen molar-refractivity contribution in [1.82, 2.24) is 10.2 Å². The quantitative estimate of drug-likeness (QED) is 0.297. The number of carboxylic acids is 1. The number of aliphatic carboxylic acids is 1. The molecule has 3 rings (SSSR count). The number of benzene rings is 1. The van der Waals surface area contributed by atoms with E-state index < -0.39 is 28.8 Å². The van der Waals surface area contributed by atoms with E-state index in [1.54, 1.807) is 43.0 Å². The van der Waals surface area contributed by atoms with Gasteiger partial charge in [-0.25, -0.2) is 4.79 Å². The van der Waals surface area contributed by atoms with Gasteiger partial charge in [0.05, 0.1) is 25.2 Å². The second-order valence-electron chi connectivity index (χ2n) is 6.98. The van der Waals surface area contributed by atoms with Crippen molar-refractivity contribution in [3.05, 3.63) is 42.1 Å². The number of carboxylic acid groups (broad SMARTS) is 1. The zero-order chi connectivity index (χ0) is 20.5. The van der Waals surface area contributed by atoms with Gasteiger partial charge in [0.1, 0.15) is 11.1 Å². The van der Waals surface area contributed by atoms with E-state index in [1.165, 1.54) is 24.9 Å². The third-order valence-electron chi connectivity index (χ3n) is 4.66. The number of nitrogens with zero attached hydrogens (tertiary/aromatic N) is 1. The van der Waals surface area contributed by atoms with Crippen LogP contribution in [0, 0.1) is 0 Å². The van der Waals surface area contributed by atoms with Gasteiger partial charge in [-0.2, -0.15) is 0 Å². The van der Waals surface area contributed by atoms with Crippen molar-refractivity contribution in [1.29, 1.82) is 0 Å². The van der Waals surface area contributed by atoms with Crippen molar-refractivity contribution in [2.75, 3.05) is 13.7 Å². The molecule has 2 saturated heterocycles. The SMILES string of the molecule is COC(=O)/C=C1\[C@@H](NC(=O)COc2ccccc2)C2SC(C)(C)[C@H](C(=O)[O-])N12.[Li+]. The Kier molecular flexibility index (Phi) is 7.33. The minimum absolute atomic E-state index is 0. The van der Waals surface area contributed by atoms with E-state index in [-0.39, 0.29) is 36.7 Å². The molecule has 1 aromatic carbocycles. The first-order valence-corrected chi connectivity index (χ1v) is 9.56. The summed E-state index contributed by atoms with van der Waals surface area (Å²) in [4.78, 5) is 37.4. The van der Waals surface area contributed by atoms with Gasteiger partial charge in [-0.05, 0) is 26.0 Å². The number of ether oxygens (including phenoxy) is 2. The molecule has 2 aliphatic heterocycles. The number of amides is 1. The molecule has 2 fully saturated rings. The number of carbonyl (C=O) groups is 3. The van der Waals surface area contributed by atoms with Gasteiger partial charge in [-0.1, -0.05) is 18.2 Å². The van der Waals surface area contributed by atoms with Crippen molar-refractivity contribution in [3.63, 3.8) is 0 Å². The van der Waals surface area contributed by atoms with Crippen LogP contribution in [0.3, 0.4) is 0 Å². The Hall–Kier alpha value is -2.08. The van der Waals surface area contributed by atoms with Crippen molar-refractivity contribution in [2.45, 2.75) is 36.1 Å². The standard InChI is InChI=1S/C19H22N2O6S.Li/c1-19(2)16(18(24)25)21-12(9-14(23)26-3)15(17(21)28-19)20-13(22)10-27-11-7-5-4-6-8-11;/h4-9,15-17H,10H2,1-3H3,(H,20,22)(H,24,25);/q;+1/p-1/b12-9+;/t15-,16+,17?;/m1./s1. The molecule has 10 heteroatoms. The number of hydrogen-bond donors (Lipinski definition) is 1. The molecule has 0 aromatic heterocycles. The second-order valence-corrected chi connectivity index (χ2v) is 8.75. The van der Waals surface area contributed by atoms with Gasteiger partial charge in [-0.15, -0.1) is 11.8 Å². The minimum Gasteiger partial charge on any atom is -0.548 e. The first kappa shape index (κ1) is 23.2. The Morgan fingerprint density at radius 3 is 2.52 bits per heavy atom. The van der Waals surface area contributed by atoms with Gasteiger partial charge in [0.25, 0.3) is 5.91 Å². The Balaban J connectivity index is 0.00000300. The maximum Gasteiger partial charge on any atom is 1.00 e. The smallest absolute Gasteiger partial charge is 0.548 e. The number of nitrogens with one attached hydrogen (secondary N) is 1. The Morgan fingerprint density at radius 2 is 1.93 bits per heavy atom. The van der Waals surface area contributed by atoms with Gasteiger partial charge in [0.2, 0.25) is 0 Å². The van der Waals surface area contributed by atoms with Crippen LogP contribution < -0.4 is 34.0 Å². The molecule has 1 unspecified atom stereocenters. The Labute approximate surface area is 185 Å². The summed E-state index contributed by atoms with van der Waals surface area (Å²) in [5, 5.41) is 14.2. The van der Waals surface area contributed by atoms with Gasteiger partial charge < -0.3 is 29.6 Å². The summed E-state index contributed by atoms with van der Waals surface area (Å²) in [5.74, 6) is -1.67. The summed E-state index contributed by atoms with van der Waals surface area (Å²) in [6.07, 6.45) is 1.21. The number of methoxy groups -OCH3 is 1. The number of carbonyl (C=O) groups excluding carboxylic acids is 3. The fourth-order valence-corrected chi connectivity index (χ4v) is 5.09. The number of para-hydroxylation sites is 1. The van der Waals surface area contributed by atoms with Crippen molar-refractivity contribution < 1.29 is 47.8 Å². The molecule has 1 aromatic rings. The second kappa shape index (κ2) is 9.16. The first-order valence-electron chi connectivity index (χ1n) is 8.68. The molecule has 29 heavy (non-hydrogen) atoms. The molecular formula is C19H21LiN2O6S. The van der Waals surface area contributed by atoms with Crippen LogP contribution in [0.1, 0.15) is 13.8 Å².